The van der Waals surface area contributed by atoms with Gasteiger partial charge in [0.1, 0.15) is 5.75 Å². The number of carbonyl (C=O) groups excluding carboxylic acids is 1. The second-order valence-electron chi connectivity index (χ2n) is 7.28. The summed E-state index contributed by atoms with van der Waals surface area (Å²) in [6, 6.07) is 20.1. The summed E-state index contributed by atoms with van der Waals surface area (Å²) >= 11 is 0. The van der Waals surface area contributed by atoms with Crippen LogP contribution in [0.4, 0.5) is 0 Å². The molecule has 4 heteroatoms. The predicted molar refractivity (Wildman–Crippen MR) is 108 cm³/mol. The Morgan fingerprint density at radius 2 is 1.79 bits per heavy atom. The molecule has 0 spiro atoms. The van der Waals surface area contributed by atoms with E-state index in [2.05, 4.69) is 23.5 Å². The molecule has 0 radical (unpaired) electrons. The molecule has 1 aliphatic heterocycles. The number of para-hydroxylation sites is 1. The maximum atomic E-state index is 13.3. The van der Waals surface area contributed by atoms with Crippen molar-refractivity contribution in [3.8, 4) is 11.8 Å². The Hall–Kier alpha value is -3.32. The molecule has 2 aromatic carbocycles. The van der Waals surface area contributed by atoms with Crippen LogP contribution >= 0.6 is 0 Å². The fourth-order valence-electron chi connectivity index (χ4n) is 4.36. The van der Waals surface area contributed by atoms with Crippen molar-refractivity contribution in [1.29, 1.82) is 5.26 Å². The van der Waals surface area contributed by atoms with Gasteiger partial charge in [0, 0.05) is 29.0 Å². The van der Waals surface area contributed by atoms with Crippen molar-refractivity contribution < 1.29 is 9.53 Å². The largest absolute Gasteiger partial charge is 0.496 e. The third kappa shape index (κ3) is 2.99. The molecule has 2 aliphatic rings. The minimum Gasteiger partial charge on any atom is -0.496 e. The number of methoxy groups -OCH3 is 1. The van der Waals surface area contributed by atoms with Crippen LogP contribution in [0.3, 0.4) is 0 Å². The minimum absolute atomic E-state index is 0.0961. The molecule has 0 unspecified atom stereocenters. The monoisotopic (exact) mass is 370 g/mol. The lowest BCUT2D eigenvalue weighted by Crippen LogP contribution is -2.33. The fraction of sp³-hybridized carbons (Fsp3) is 0.250. The highest BCUT2D eigenvalue weighted by Gasteiger charge is 2.39. The molecule has 4 nitrogen and oxygen atoms in total. The molecule has 1 heterocycles. The third-order valence-electron chi connectivity index (χ3n) is 5.67. The lowest BCUT2D eigenvalue weighted by molar-refractivity contribution is -0.116. The predicted octanol–water partition coefficient (Wildman–Crippen LogP) is 4.58. The Kier molecular flexibility index (Phi) is 4.75. The van der Waals surface area contributed by atoms with E-state index in [-0.39, 0.29) is 17.6 Å². The standard InChI is InChI=1S/C24H22N2O2/c1-15-19(14-25)23(18-10-6-7-11-22(18)28-2)24-20(26-15)12-17(13-21(24)27)16-8-4-3-5-9-16/h3-11,17,23,26H,12-13H2,1-2H3/t17-,23-/m0/s1. The first-order valence-electron chi connectivity index (χ1n) is 9.46. The van der Waals surface area contributed by atoms with Crippen molar-refractivity contribution in [2.45, 2.75) is 31.6 Å². The highest BCUT2D eigenvalue weighted by Crippen LogP contribution is 2.47. The quantitative estimate of drug-likeness (QED) is 0.859. The maximum Gasteiger partial charge on any atom is 0.162 e. The van der Waals surface area contributed by atoms with Gasteiger partial charge in [-0.15, -0.1) is 0 Å². The number of rotatable bonds is 3. The van der Waals surface area contributed by atoms with E-state index in [0.29, 0.717) is 23.3 Å². The van der Waals surface area contributed by atoms with Crippen LogP contribution in [0, 0.1) is 11.3 Å². The van der Waals surface area contributed by atoms with Gasteiger partial charge in [-0.25, -0.2) is 0 Å². The molecular weight excluding hydrogens is 348 g/mol. The van der Waals surface area contributed by atoms with E-state index >= 15 is 0 Å². The Balaban J connectivity index is 1.83. The third-order valence-corrected chi connectivity index (χ3v) is 5.67. The number of benzene rings is 2. The van der Waals surface area contributed by atoms with Crippen molar-refractivity contribution >= 4 is 5.78 Å². The number of nitrogens with one attached hydrogen (secondary N) is 1. The number of ketones is 1. The number of nitriles is 1. The number of hydrogen-bond acceptors (Lipinski definition) is 4. The lowest BCUT2D eigenvalue weighted by atomic mass is 9.72. The van der Waals surface area contributed by atoms with Gasteiger partial charge >= 0.3 is 0 Å². The van der Waals surface area contributed by atoms with E-state index in [1.165, 1.54) is 5.56 Å². The van der Waals surface area contributed by atoms with Crippen LogP contribution in [-0.4, -0.2) is 12.9 Å². The lowest BCUT2D eigenvalue weighted by Gasteiger charge is -2.36. The van der Waals surface area contributed by atoms with Crippen LogP contribution in [0.15, 0.2) is 77.1 Å². The molecule has 0 saturated carbocycles. The first-order chi connectivity index (χ1) is 13.6. The summed E-state index contributed by atoms with van der Waals surface area (Å²) < 4.78 is 5.55. The van der Waals surface area contributed by atoms with Crippen molar-refractivity contribution in [2.75, 3.05) is 7.11 Å². The first-order valence-corrected chi connectivity index (χ1v) is 9.46. The summed E-state index contributed by atoms with van der Waals surface area (Å²) in [6.07, 6.45) is 1.21. The molecule has 1 N–H and O–H groups in total. The zero-order valence-corrected chi connectivity index (χ0v) is 16.0. The van der Waals surface area contributed by atoms with Gasteiger partial charge in [0.25, 0.3) is 0 Å². The first kappa shape index (κ1) is 18.1. The Morgan fingerprint density at radius 3 is 2.50 bits per heavy atom. The summed E-state index contributed by atoms with van der Waals surface area (Å²) in [5.41, 5.74) is 5.05. The molecule has 0 fully saturated rings. The summed E-state index contributed by atoms with van der Waals surface area (Å²) in [4.78, 5) is 13.3. The summed E-state index contributed by atoms with van der Waals surface area (Å²) in [7, 11) is 1.62. The molecule has 140 valence electrons. The zero-order valence-electron chi connectivity index (χ0n) is 16.0. The Morgan fingerprint density at radius 1 is 1.07 bits per heavy atom. The van der Waals surface area contributed by atoms with Gasteiger partial charge in [-0.1, -0.05) is 48.5 Å². The molecule has 4 rings (SSSR count). The van der Waals surface area contributed by atoms with Crippen LogP contribution in [0.5, 0.6) is 5.75 Å². The molecule has 2 atom stereocenters. The van der Waals surface area contributed by atoms with Crippen LogP contribution in [-0.2, 0) is 4.79 Å². The maximum absolute atomic E-state index is 13.3. The van der Waals surface area contributed by atoms with Crippen LogP contribution in [0.2, 0.25) is 0 Å². The highest BCUT2D eigenvalue weighted by molar-refractivity contribution is 6.00. The number of ether oxygens (including phenoxy) is 1. The molecule has 28 heavy (non-hydrogen) atoms. The van der Waals surface area contributed by atoms with Gasteiger partial charge in [-0.2, -0.15) is 5.26 Å². The van der Waals surface area contributed by atoms with Crippen molar-refractivity contribution in [2.24, 2.45) is 0 Å². The molecule has 0 aromatic heterocycles. The summed E-state index contributed by atoms with van der Waals surface area (Å²) in [5, 5.41) is 13.2. The van der Waals surface area contributed by atoms with E-state index in [1.807, 2.05) is 49.4 Å². The van der Waals surface area contributed by atoms with Gasteiger partial charge in [0.2, 0.25) is 0 Å². The number of allylic oxidation sites excluding steroid dienone is 4. The van der Waals surface area contributed by atoms with Gasteiger partial charge < -0.3 is 10.1 Å². The van der Waals surface area contributed by atoms with Crippen molar-refractivity contribution in [1.82, 2.24) is 5.32 Å². The molecule has 0 saturated heterocycles. The van der Waals surface area contributed by atoms with Gasteiger partial charge in [0.05, 0.1) is 24.7 Å². The molecule has 0 bridgehead atoms. The zero-order chi connectivity index (χ0) is 19.7. The summed E-state index contributed by atoms with van der Waals surface area (Å²) in [6.45, 7) is 1.90. The van der Waals surface area contributed by atoms with Gasteiger partial charge in [-0.05, 0) is 30.9 Å². The van der Waals surface area contributed by atoms with E-state index < -0.39 is 0 Å². The topological polar surface area (TPSA) is 62.1 Å². The average Bonchev–Trinajstić information content (AvgIpc) is 2.73. The SMILES string of the molecule is COc1ccccc1[C@H]1C(C#N)=C(C)NC2=C1C(=O)C[C@@H](c1ccccc1)C2. The van der Waals surface area contributed by atoms with Crippen LogP contribution < -0.4 is 10.1 Å². The number of hydrogen-bond donors (Lipinski definition) is 1. The second kappa shape index (κ2) is 7.36. The smallest absolute Gasteiger partial charge is 0.162 e. The fourth-order valence-corrected chi connectivity index (χ4v) is 4.36. The highest BCUT2D eigenvalue weighted by atomic mass is 16.5. The normalized spacial score (nSPS) is 21.7. The number of nitrogens with zero attached hydrogens (tertiary/aromatic N) is 1. The minimum atomic E-state index is -0.387. The van der Waals surface area contributed by atoms with Crippen molar-refractivity contribution in [3.63, 3.8) is 0 Å². The van der Waals surface area contributed by atoms with Gasteiger partial charge in [-0.3, -0.25) is 4.79 Å². The number of dihydropyridines is 1. The summed E-state index contributed by atoms with van der Waals surface area (Å²) in [5.74, 6) is 0.551. The van der Waals surface area contributed by atoms with Crippen LogP contribution in [0.25, 0.3) is 0 Å². The molecule has 1 aliphatic carbocycles. The number of carbonyl (C=O) groups is 1. The average molecular weight is 370 g/mol. The van der Waals surface area contributed by atoms with Gasteiger partial charge in [0.15, 0.2) is 5.78 Å². The second-order valence-corrected chi connectivity index (χ2v) is 7.28. The molecule has 2 aromatic rings. The van der Waals surface area contributed by atoms with E-state index in [1.54, 1.807) is 7.11 Å². The number of Topliss-reactive ketones (excluding diaryl/α,β-unsaturated/α-hetero) is 1. The van der Waals surface area contributed by atoms with Crippen LogP contribution in [0.1, 0.15) is 42.7 Å². The van der Waals surface area contributed by atoms with E-state index in [4.69, 9.17) is 4.74 Å². The van der Waals surface area contributed by atoms with E-state index in [0.717, 1.165) is 23.4 Å². The van der Waals surface area contributed by atoms with E-state index in [9.17, 15) is 10.1 Å². The molecule has 0 amide bonds. The molecular formula is C24H22N2O2. The Bertz CT molecular complexity index is 1030. The van der Waals surface area contributed by atoms with Crippen molar-refractivity contribution in [3.05, 3.63) is 88.3 Å². The Labute approximate surface area is 165 Å².